The van der Waals surface area contributed by atoms with Gasteiger partial charge in [-0.2, -0.15) is 0 Å². The summed E-state index contributed by atoms with van der Waals surface area (Å²) in [5.41, 5.74) is -0.0721. The van der Waals surface area contributed by atoms with E-state index in [-0.39, 0.29) is 22.6 Å². The van der Waals surface area contributed by atoms with Gasteiger partial charge in [0.1, 0.15) is 5.75 Å². The summed E-state index contributed by atoms with van der Waals surface area (Å²) >= 11 is 0. The number of rotatable bonds is 3. The molecule has 1 amide bonds. The summed E-state index contributed by atoms with van der Waals surface area (Å²) in [6.45, 7) is 1.55. The van der Waals surface area contributed by atoms with Gasteiger partial charge in [0.2, 0.25) is 0 Å². The van der Waals surface area contributed by atoms with E-state index in [9.17, 15) is 24.6 Å². The van der Waals surface area contributed by atoms with Crippen LogP contribution in [-0.4, -0.2) is 33.7 Å². The van der Waals surface area contributed by atoms with Crippen LogP contribution in [0.1, 0.15) is 26.4 Å². The Hall–Kier alpha value is -3.09. The molecule has 2 rings (SSSR count). The summed E-state index contributed by atoms with van der Waals surface area (Å²) in [6.07, 6.45) is 0. The number of nitrogens with one attached hydrogen (secondary N) is 1. The Balaban J connectivity index is 2.80. The number of aromatic nitrogens is 1. The summed E-state index contributed by atoms with van der Waals surface area (Å²) < 4.78 is 1.13. The molecule has 0 spiro atoms. The molecule has 1 aromatic heterocycles. The molecule has 0 radical (unpaired) electrons. The Bertz CT molecular complexity index is 823. The smallest absolute Gasteiger partial charge is 0.337 e. The van der Waals surface area contributed by atoms with E-state index in [1.165, 1.54) is 31.3 Å². The summed E-state index contributed by atoms with van der Waals surface area (Å²) in [7, 11) is 1.45. The van der Waals surface area contributed by atoms with Crippen molar-refractivity contribution >= 4 is 11.9 Å². The van der Waals surface area contributed by atoms with E-state index in [0.717, 1.165) is 10.6 Å². The van der Waals surface area contributed by atoms with Gasteiger partial charge in [0.15, 0.2) is 0 Å². The minimum Gasteiger partial charge on any atom is -0.508 e. The van der Waals surface area contributed by atoms with Crippen LogP contribution in [0.3, 0.4) is 0 Å². The van der Waals surface area contributed by atoms with Crippen LogP contribution in [0, 0.1) is 6.92 Å². The molecule has 7 heteroatoms. The van der Waals surface area contributed by atoms with Gasteiger partial charge in [-0.15, -0.1) is 0 Å². The summed E-state index contributed by atoms with van der Waals surface area (Å²) in [5, 5.41) is 21.1. The molecule has 1 heterocycles. The fourth-order valence-electron chi connectivity index (χ4n) is 2.18. The van der Waals surface area contributed by atoms with Gasteiger partial charge in [0, 0.05) is 24.4 Å². The maximum atomic E-state index is 12.1. The lowest BCUT2D eigenvalue weighted by Crippen LogP contribution is -2.23. The molecule has 7 nitrogen and oxygen atoms in total. The molecule has 0 saturated heterocycles. The highest BCUT2D eigenvalue weighted by Gasteiger charge is 2.17. The number of aryl methyl sites for hydroxylation is 1. The van der Waals surface area contributed by atoms with Gasteiger partial charge < -0.3 is 15.5 Å². The van der Waals surface area contributed by atoms with Crippen molar-refractivity contribution < 1.29 is 19.8 Å². The highest BCUT2D eigenvalue weighted by molar-refractivity contribution is 5.98. The van der Waals surface area contributed by atoms with Crippen molar-refractivity contribution in [1.82, 2.24) is 9.88 Å². The number of amides is 1. The highest BCUT2D eigenvalue weighted by atomic mass is 16.4. The van der Waals surface area contributed by atoms with Crippen molar-refractivity contribution in [1.29, 1.82) is 0 Å². The molecule has 2 aromatic rings. The van der Waals surface area contributed by atoms with Gasteiger partial charge in [0.05, 0.1) is 11.3 Å². The molecule has 0 aliphatic rings. The summed E-state index contributed by atoms with van der Waals surface area (Å²) in [6, 6.07) is 6.27. The molecule has 0 fully saturated rings. The predicted octanol–water partition coefficient (Wildman–Crippen LogP) is 0.909. The van der Waals surface area contributed by atoms with Crippen molar-refractivity contribution in [3.63, 3.8) is 0 Å². The molecule has 22 heavy (non-hydrogen) atoms. The number of nitrogens with zero attached hydrogens (tertiary/aromatic N) is 1. The lowest BCUT2D eigenvalue weighted by atomic mass is 10.1. The normalized spacial score (nSPS) is 10.3. The molecular formula is C15H14N2O5. The highest BCUT2D eigenvalue weighted by Crippen LogP contribution is 2.19. The number of carboxylic acids is 1. The van der Waals surface area contributed by atoms with E-state index in [1.807, 2.05) is 0 Å². The van der Waals surface area contributed by atoms with E-state index in [1.54, 1.807) is 6.92 Å². The Morgan fingerprint density at radius 1 is 1.18 bits per heavy atom. The predicted molar refractivity (Wildman–Crippen MR) is 78.8 cm³/mol. The van der Waals surface area contributed by atoms with Crippen LogP contribution in [0.5, 0.6) is 5.75 Å². The number of aromatic hydroxyl groups is 1. The third kappa shape index (κ3) is 2.69. The average molecular weight is 302 g/mol. The minimum absolute atomic E-state index is 0.0658. The third-order valence-corrected chi connectivity index (χ3v) is 3.16. The zero-order valence-corrected chi connectivity index (χ0v) is 12.0. The Labute approximate surface area is 125 Å². The first kappa shape index (κ1) is 15.3. The van der Waals surface area contributed by atoms with Crippen LogP contribution in [-0.2, 0) is 0 Å². The SMILES string of the molecule is CNC(=O)c1ccc(C(=O)O)c(-n2c(C)cc(O)cc2=O)c1. The van der Waals surface area contributed by atoms with Gasteiger partial charge in [-0.3, -0.25) is 14.2 Å². The number of pyridine rings is 1. The van der Waals surface area contributed by atoms with Gasteiger partial charge in [-0.25, -0.2) is 4.79 Å². The van der Waals surface area contributed by atoms with Crippen LogP contribution in [0.15, 0.2) is 35.1 Å². The molecule has 0 unspecified atom stereocenters. The third-order valence-electron chi connectivity index (χ3n) is 3.16. The first-order valence-electron chi connectivity index (χ1n) is 6.37. The monoisotopic (exact) mass is 302 g/mol. The van der Waals surface area contributed by atoms with Crippen LogP contribution in [0.2, 0.25) is 0 Å². The number of carbonyl (C=O) groups excluding carboxylic acids is 1. The zero-order valence-electron chi connectivity index (χ0n) is 12.0. The first-order valence-corrected chi connectivity index (χ1v) is 6.37. The van der Waals surface area contributed by atoms with Crippen molar-refractivity contribution in [2.45, 2.75) is 6.92 Å². The second kappa shape index (κ2) is 5.72. The molecule has 0 saturated carbocycles. The van der Waals surface area contributed by atoms with Crippen LogP contribution in [0.25, 0.3) is 5.69 Å². The van der Waals surface area contributed by atoms with E-state index >= 15 is 0 Å². The summed E-state index contributed by atoms with van der Waals surface area (Å²) in [4.78, 5) is 35.2. The molecular weight excluding hydrogens is 288 g/mol. The largest absolute Gasteiger partial charge is 0.508 e. The maximum Gasteiger partial charge on any atom is 0.337 e. The van der Waals surface area contributed by atoms with E-state index in [0.29, 0.717) is 5.69 Å². The molecule has 0 atom stereocenters. The van der Waals surface area contributed by atoms with Crippen molar-refractivity contribution in [2.24, 2.45) is 0 Å². The van der Waals surface area contributed by atoms with Gasteiger partial charge in [-0.05, 0) is 31.2 Å². The lowest BCUT2D eigenvalue weighted by Gasteiger charge is -2.14. The molecule has 0 aliphatic heterocycles. The van der Waals surface area contributed by atoms with E-state index < -0.39 is 17.4 Å². The van der Waals surface area contributed by atoms with Gasteiger partial charge in [-0.1, -0.05) is 0 Å². The Morgan fingerprint density at radius 2 is 1.86 bits per heavy atom. The molecule has 1 aromatic carbocycles. The van der Waals surface area contributed by atoms with Crippen LogP contribution in [0.4, 0.5) is 0 Å². The fourth-order valence-corrected chi connectivity index (χ4v) is 2.18. The Morgan fingerprint density at radius 3 is 2.41 bits per heavy atom. The average Bonchev–Trinajstić information content (AvgIpc) is 2.45. The summed E-state index contributed by atoms with van der Waals surface area (Å²) in [5.74, 6) is -1.83. The topological polar surface area (TPSA) is 109 Å². The van der Waals surface area contributed by atoms with Gasteiger partial charge in [0.25, 0.3) is 11.5 Å². The number of aromatic carboxylic acids is 1. The fraction of sp³-hybridized carbons (Fsp3) is 0.133. The van der Waals surface area contributed by atoms with Crippen molar-refractivity contribution in [3.05, 3.63) is 57.5 Å². The maximum absolute atomic E-state index is 12.1. The molecule has 0 aliphatic carbocycles. The number of carboxylic acid groups (broad SMARTS) is 1. The molecule has 3 N–H and O–H groups in total. The second-order valence-electron chi connectivity index (χ2n) is 4.64. The first-order chi connectivity index (χ1) is 10.3. The Kier molecular flexibility index (Phi) is 3.98. The number of carbonyl (C=O) groups is 2. The standard InChI is InChI=1S/C15H14N2O5/c1-8-5-10(18)7-13(19)17(8)12-6-9(14(20)16-2)3-4-11(12)15(21)22/h3-7,18H,1-2H3,(H,16,20)(H,21,22). The van der Waals surface area contributed by atoms with Gasteiger partial charge >= 0.3 is 5.97 Å². The van der Waals surface area contributed by atoms with Crippen molar-refractivity contribution in [3.8, 4) is 11.4 Å². The van der Waals surface area contributed by atoms with E-state index in [2.05, 4.69) is 5.32 Å². The minimum atomic E-state index is -1.22. The van der Waals surface area contributed by atoms with Crippen LogP contribution >= 0.6 is 0 Å². The van der Waals surface area contributed by atoms with E-state index in [4.69, 9.17) is 0 Å². The second-order valence-corrected chi connectivity index (χ2v) is 4.64. The van der Waals surface area contributed by atoms with Crippen LogP contribution < -0.4 is 10.9 Å². The lowest BCUT2D eigenvalue weighted by molar-refractivity contribution is 0.0696. The number of benzene rings is 1. The zero-order chi connectivity index (χ0) is 16.4. The molecule has 0 bridgehead atoms. The number of hydrogen-bond acceptors (Lipinski definition) is 4. The quantitative estimate of drug-likeness (QED) is 0.781. The van der Waals surface area contributed by atoms with Crippen molar-refractivity contribution in [2.75, 3.05) is 7.05 Å². The number of hydrogen-bond donors (Lipinski definition) is 3. The molecule has 114 valence electrons.